The predicted octanol–water partition coefficient (Wildman–Crippen LogP) is 1.58. The van der Waals surface area contributed by atoms with Crippen LogP contribution in [0.25, 0.3) is 0 Å². The van der Waals surface area contributed by atoms with E-state index in [4.69, 9.17) is 9.47 Å². The molecule has 4 rings (SSSR count). The molecule has 1 atom stereocenters. The van der Waals surface area contributed by atoms with E-state index in [1.54, 1.807) is 12.4 Å². The maximum absolute atomic E-state index is 5.75. The average Bonchev–Trinajstić information content (AvgIpc) is 2.67. The summed E-state index contributed by atoms with van der Waals surface area (Å²) in [5.41, 5.74) is 1.13. The van der Waals surface area contributed by atoms with Gasteiger partial charge in [-0.1, -0.05) is 30.3 Å². The van der Waals surface area contributed by atoms with Gasteiger partial charge in [-0.25, -0.2) is 9.97 Å². The van der Waals surface area contributed by atoms with Crippen molar-refractivity contribution in [1.29, 1.82) is 0 Å². The lowest BCUT2D eigenvalue weighted by atomic mass is 10.1. The Hall–Kier alpha value is -2.18. The average molecular weight is 326 g/mol. The molecule has 24 heavy (non-hydrogen) atoms. The Bertz CT molecular complexity index is 650. The normalized spacial score (nSPS) is 21.3. The highest BCUT2D eigenvalue weighted by Gasteiger charge is 2.30. The van der Waals surface area contributed by atoms with Gasteiger partial charge in [0.15, 0.2) is 5.75 Å². The largest absolute Gasteiger partial charge is 0.486 e. The zero-order valence-electron chi connectivity index (χ0n) is 13.7. The summed E-state index contributed by atoms with van der Waals surface area (Å²) in [7, 11) is 0. The molecule has 0 amide bonds. The van der Waals surface area contributed by atoms with Crippen molar-refractivity contribution in [3.63, 3.8) is 0 Å². The van der Waals surface area contributed by atoms with Gasteiger partial charge in [0.25, 0.3) is 0 Å². The zero-order valence-corrected chi connectivity index (χ0v) is 13.7. The van der Waals surface area contributed by atoms with E-state index in [1.807, 2.05) is 30.3 Å². The molecule has 2 saturated heterocycles. The van der Waals surface area contributed by atoms with Crippen molar-refractivity contribution in [2.24, 2.45) is 0 Å². The Kier molecular flexibility index (Phi) is 4.57. The third-order valence-corrected chi connectivity index (χ3v) is 4.58. The van der Waals surface area contributed by atoms with Crippen molar-refractivity contribution in [3.05, 3.63) is 48.3 Å². The Morgan fingerprint density at radius 1 is 1.08 bits per heavy atom. The van der Waals surface area contributed by atoms with Gasteiger partial charge < -0.3 is 14.4 Å². The highest BCUT2D eigenvalue weighted by molar-refractivity contribution is 5.33. The van der Waals surface area contributed by atoms with Crippen molar-refractivity contribution in [1.82, 2.24) is 14.9 Å². The van der Waals surface area contributed by atoms with Crippen LogP contribution >= 0.6 is 0 Å². The van der Waals surface area contributed by atoms with Crippen LogP contribution in [-0.2, 0) is 11.3 Å². The van der Waals surface area contributed by atoms with Crippen molar-refractivity contribution < 1.29 is 9.47 Å². The van der Waals surface area contributed by atoms with E-state index in [2.05, 4.69) is 19.8 Å². The molecule has 0 bridgehead atoms. The van der Waals surface area contributed by atoms with Gasteiger partial charge in [0.2, 0.25) is 5.95 Å². The van der Waals surface area contributed by atoms with Crippen LogP contribution in [0, 0.1) is 0 Å². The quantitative estimate of drug-likeness (QED) is 0.850. The standard InChI is InChI=1S/C18H22N4O2/c1-2-4-15(5-3-1)13-24-17-10-19-18(20-11-17)22-7-6-21-8-9-23-14-16(21)12-22/h1-5,10-11,16H,6-9,12-14H2. The van der Waals surface area contributed by atoms with Gasteiger partial charge in [-0.05, 0) is 5.56 Å². The number of piperazine rings is 1. The molecule has 1 aromatic carbocycles. The smallest absolute Gasteiger partial charge is 0.225 e. The molecule has 0 aliphatic carbocycles. The Balaban J connectivity index is 1.35. The number of hydrogen-bond donors (Lipinski definition) is 0. The summed E-state index contributed by atoms with van der Waals surface area (Å²) in [6.45, 7) is 6.14. The molecule has 2 aliphatic heterocycles. The lowest BCUT2D eigenvalue weighted by Gasteiger charge is -2.43. The number of fused-ring (bicyclic) bond motifs is 1. The summed E-state index contributed by atoms with van der Waals surface area (Å²) in [4.78, 5) is 13.7. The molecule has 0 radical (unpaired) electrons. The molecule has 3 heterocycles. The monoisotopic (exact) mass is 326 g/mol. The highest BCUT2D eigenvalue weighted by Crippen LogP contribution is 2.19. The van der Waals surface area contributed by atoms with E-state index in [-0.39, 0.29) is 0 Å². The third kappa shape index (κ3) is 3.49. The number of morpholine rings is 1. The number of hydrogen-bond acceptors (Lipinski definition) is 6. The first-order valence-electron chi connectivity index (χ1n) is 8.44. The summed E-state index contributed by atoms with van der Waals surface area (Å²) >= 11 is 0. The fraction of sp³-hybridized carbons (Fsp3) is 0.444. The topological polar surface area (TPSA) is 50.7 Å². The van der Waals surface area contributed by atoms with Crippen LogP contribution in [0.5, 0.6) is 5.75 Å². The number of ether oxygens (including phenoxy) is 2. The minimum atomic E-state index is 0.449. The summed E-state index contributed by atoms with van der Waals surface area (Å²) in [5, 5.41) is 0. The maximum atomic E-state index is 5.75. The third-order valence-electron chi connectivity index (χ3n) is 4.58. The van der Waals surface area contributed by atoms with Crippen LogP contribution < -0.4 is 9.64 Å². The molecule has 0 N–H and O–H groups in total. The molecule has 6 nitrogen and oxygen atoms in total. The summed E-state index contributed by atoms with van der Waals surface area (Å²) < 4.78 is 11.3. The second-order valence-corrected chi connectivity index (χ2v) is 6.20. The van der Waals surface area contributed by atoms with Gasteiger partial charge in [-0.2, -0.15) is 0 Å². The molecule has 6 heteroatoms. The molecule has 2 aromatic rings. The van der Waals surface area contributed by atoms with Crippen molar-refractivity contribution in [2.75, 3.05) is 44.3 Å². The van der Waals surface area contributed by atoms with E-state index in [0.29, 0.717) is 18.4 Å². The molecule has 2 aliphatic rings. The van der Waals surface area contributed by atoms with E-state index < -0.39 is 0 Å². The van der Waals surface area contributed by atoms with Gasteiger partial charge in [-0.15, -0.1) is 0 Å². The van der Waals surface area contributed by atoms with E-state index in [1.165, 1.54) is 0 Å². The predicted molar refractivity (Wildman–Crippen MR) is 91.2 cm³/mol. The number of rotatable bonds is 4. The fourth-order valence-corrected chi connectivity index (χ4v) is 3.22. The number of anilines is 1. The van der Waals surface area contributed by atoms with Crippen molar-refractivity contribution in [3.8, 4) is 5.75 Å². The number of benzene rings is 1. The van der Waals surface area contributed by atoms with Gasteiger partial charge in [0.05, 0.1) is 31.6 Å². The minimum absolute atomic E-state index is 0.449. The molecule has 0 saturated carbocycles. The lowest BCUT2D eigenvalue weighted by Crippen LogP contribution is -2.58. The van der Waals surface area contributed by atoms with E-state index >= 15 is 0 Å². The van der Waals surface area contributed by atoms with Crippen LogP contribution in [0.1, 0.15) is 5.56 Å². The van der Waals surface area contributed by atoms with Gasteiger partial charge in [-0.3, -0.25) is 4.90 Å². The summed E-state index contributed by atoms with van der Waals surface area (Å²) in [6.07, 6.45) is 3.52. The number of nitrogens with zero attached hydrogens (tertiary/aromatic N) is 4. The Morgan fingerprint density at radius 2 is 1.92 bits per heavy atom. The minimum Gasteiger partial charge on any atom is -0.486 e. The first-order chi connectivity index (χ1) is 11.9. The van der Waals surface area contributed by atoms with Crippen LogP contribution in [-0.4, -0.2) is 60.3 Å². The second-order valence-electron chi connectivity index (χ2n) is 6.20. The first kappa shape index (κ1) is 15.4. The second kappa shape index (κ2) is 7.15. The fourth-order valence-electron chi connectivity index (χ4n) is 3.22. The van der Waals surface area contributed by atoms with Gasteiger partial charge in [0.1, 0.15) is 6.61 Å². The first-order valence-corrected chi connectivity index (χ1v) is 8.44. The highest BCUT2D eigenvalue weighted by atomic mass is 16.5. The Morgan fingerprint density at radius 3 is 2.75 bits per heavy atom. The van der Waals surface area contributed by atoms with Gasteiger partial charge in [0, 0.05) is 26.2 Å². The lowest BCUT2D eigenvalue weighted by molar-refractivity contribution is -0.0119. The molecule has 0 spiro atoms. The van der Waals surface area contributed by atoms with Crippen molar-refractivity contribution in [2.45, 2.75) is 12.6 Å². The summed E-state index contributed by atoms with van der Waals surface area (Å²) in [5.74, 6) is 1.47. The van der Waals surface area contributed by atoms with Crippen LogP contribution in [0.4, 0.5) is 5.95 Å². The maximum Gasteiger partial charge on any atom is 0.225 e. The molecular weight excluding hydrogens is 304 g/mol. The molecule has 126 valence electrons. The Labute approximate surface area is 142 Å². The van der Waals surface area contributed by atoms with Crippen LogP contribution in [0.2, 0.25) is 0 Å². The van der Waals surface area contributed by atoms with Crippen LogP contribution in [0.3, 0.4) is 0 Å². The number of aromatic nitrogens is 2. The molecule has 1 aromatic heterocycles. The molecular formula is C18H22N4O2. The SMILES string of the molecule is c1ccc(COc2cnc(N3CCN4CCOCC4C3)nc2)cc1. The van der Waals surface area contributed by atoms with Crippen LogP contribution in [0.15, 0.2) is 42.7 Å². The zero-order chi connectivity index (χ0) is 16.2. The van der Waals surface area contributed by atoms with E-state index in [9.17, 15) is 0 Å². The van der Waals surface area contributed by atoms with E-state index in [0.717, 1.165) is 50.9 Å². The molecule has 1 unspecified atom stereocenters. The summed E-state index contributed by atoms with van der Waals surface area (Å²) in [6, 6.07) is 10.5. The van der Waals surface area contributed by atoms with Crippen molar-refractivity contribution >= 4 is 5.95 Å². The van der Waals surface area contributed by atoms with Gasteiger partial charge >= 0.3 is 0 Å². The molecule has 2 fully saturated rings.